The molecule has 0 aliphatic carbocycles. The van der Waals surface area contributed by atoms with Crippen LogP contribution in [0.1, 0.15) is 12.8 Å². The maximum atomic E-state index is 13.8. The quantitative estimate of drug-likeness (QED) is 0.730. The van der Waals surface area contributed by atoms with Crippen molar-refractivity contribution in [1.29, 1.82) is 0 Å². The van der Waals surface area contributed by atoms with E-state index in [1.807, 2.05) is 16.2 Å². The lowest BCUT2D eigenvalue weighted by atomic mass is 9.81. The SMILES string of the molecule is Cn1cncc1-c1c(-c2ccc(F)c(F)c2)ncn1CC1(CO)CCOCC1. The van der Waals surface area contributed by atoms with Gasteiger partial charge in [0.05, 0.1) is 42.5 Å². The Kier molecular flexibility index (Phi) is 4.99. The van der Waals surface area contributed by atoms with Gasteiger partial charge in [-0.2, -0.15) is 0 Å². The predicted molar refractivity (Wildman–Crippen MR) is 99.4 cm³/mol. The summed E-state index contributed by atoms with van der Waals surface area (Å²) in [5, 5.41) is 10.1. The fourth-order valence-electron chi connectivity index (χ4n) is 3.74. The highest BCUT2D eigenvalue weighted by molar-refractivity contribution is 5.76. The van der Waals surface area contributed by atoms with Gasteiger partial charge >= 0.3 is 0 Å². The molecule has 8 heteroatoms. The van der Waals surface area contributed by atoms with Crippen molar-refractivity contribution in [2.45, 2.75) is 19.4 Å². The van der Waals surface area contributed by atoms with Crippen molar-refractivity contribution in [2.24, 2.45) is 12.5 Å². The fourth-order valence-corrected chi connectivity index (χ4v) is 3.74. The summed E-state index contributed by atoms with van der Waals surface area (Å²) < 4.78 is 36.5. The summed E-state index contributed by atoms with van der Waals surface area (Å²) in [6.07, 6.45) is 6.57. The molecule has 148 valence electrons. The number of ether oxygens (including phenoxy) is 1. The lowest BCUT2D eigenvalue weighted by molar-refractivity contribution is -0.0251. The Morgan fingerprint density at radius 1 is 1.18 bits per heavy atom. The second-order valence-corrected chi connectivity index (χ2v) is 7.36. The van der Waals surface area contributed by atoms with Crippen molar-refractivity contribution >= 4 is 0 Å². The summed E-state index contributed by atoms with van der Waals surface area (Å²) in [5.41, 5.74) is 2.28. The van der Waals surface area contributed by atoms with Gasteiger partial charge in [0.25, 0.3) is 0 Å². The first-order chi connectivity index (χ1) is 13.5. The van der Waals surface area contributed by atoms with Crippen LogP contribution in [0.2, 0.25) is 0 Å². The van der Waals surface area contributed by atoms with Gasteiger partial charge in [-0.25, -0.2) is 18.7 Å². The standard InChI is InChI=1S/C20H22F2N4O2/c1-25-12-23-9-17(25)19-18(14-2-3-15(21)16(22)8-14)24-13-26(19)10-20(11-27)4-6-28-7-5-20/h2-3,8-9,12-13,27H,4-7,10-11H2,1H3. The molecule has 0 amide bonds. The number of halogens is 2. The van der Waals surface area contributed by atoms with Gasteiger partial charge in [0, 0.05) is 37.8 Å². The molecule has 0 spiro atoms. The van der Waals surface area contributed by atoms with Crippen LogP contribution in [0, 0.1) is 17.0 Å². The Hall–Kier alpha value is -2.58. The monoisotopic (exact) mass is 388 g/mol. The highest BCUT2D eigenvalue weighted by Gasteiger charge is 2.34. The Labute approximate surface area is 161 Å². The zero-order valence-corrected chi connectivity index (χ0v) is 15.6. The number of hydrogen-bond acceptors (Lipinski definition) is 4. The molecular weight excluding hydrogens is 366 g/mol. The molecule has 1 aliphatic rings. The molecule has 1 aromatic carbocycles. The molecule has 0 radical (unpaired) electrons. The summed E-state index contributed by atoms with van der Waals surface area (Å²) in [5.74, 6) is -1.81. The third-order valence-corrected chi connectivity index (χ3v) is 5.48. The lowest BCUT2D eigenvalue weighted by Gasteiger charge is -2.36. The third-order valence-electron chi connectivity index (χ3n) is 5.48. The highest BCUT2D eigenvalue weighted by Crippen LogP contribution is 2.37. The largest absolute Gasteiger partial charge is 0.396 e. The predicted octanol–water partition coefficient (Wildman–Crippen LogP) is 3.02. The van der Waals surface area contributed by atoms with Gasteiger partial charge in [-0.3, -0.25) is 0 Å². The van der Waals surface area contributed by atoms with Gasteiger partial charge in [0.15, 0.2) is 11.6 Å². The molecule has 1 N–H and O–H groups in total. The van der Waals surface area contributed by atoms with Gasteiger partial charge in [0.2, 0.25) is 0 Å². The van der Waals surface area contributed by atoms with E-state index in [0.717, 1.165) is 36.4 Å². The summed E-state index contributed by atoms with van der Waals surface area (Å²) >= 11 is 0. The molecule has 3 aromatic rings. The number of aliphatic hydroxyl groups excluding tert-OH is 1. The van der Waals surface area contributed by atoms with Gasteiger partial charge in [-0.05, 0) is 31.0 Å². The summed E-state index contributed by atoms with van der Waals surface area (Å²) in [6, 6.07) is 3.77. The number of aliphatic hydroxyl groups is 1. The molecule has 4 rings (SSSR count). The molecule has 1 fully saturated rings. The van der Waals surface area contributed by atoms with Crippen LogP contribution in [0.15, 0.2) is 37.1 Å². The molecule has 0 unspecified atom stereocenters. The maximum Gasteiger partial charge on any atom is 0.159 e. The number of imidazole rings is 2. The van der Waals surface area contributed by atoms with Gasteiger partial charge in [-0.1, -0.05) is 0 Å². The third kappa shape index (κ3) is 3.33. The molecule has 28 heavy (non-hydrogen) atoms. The van der Waals surface area contributed by atoms with Crippen molar-refractivity contribution in [1.82, 2.24) is 19.1 Å². The molecule has 0 saturated carbocycles. The van der Waals surface area contributed by atoms with E-state index in [4.69, 9.17) is 4.74 Å². The summed E-state index contributed by atoms with van der Waals surface area (Å²) in [6.45, 7) is 1.79. The second-order valence-electron chi connectivity index (χ2n) is 7.36. The zero-order valence-electron chi connectivity index (χ0n) is 15.6. The van der Waals surface area contributed by atoms with E-state index in [0.29, 0.717) is 31.0 Å². The van der Waals surface area contributed by atoms with E-state index in [-0.39, 0.29) is 12.0 Å². The smallest absolute Gasteiger partial charge is 0.159 e. The Morgan fingerprint density at radius 2 is 1.96 bits per heavy atom. The lowest BCUT2D eigenvalue weighted by Crippen LogP contribution is -2.37. The van der Waals surface area contributed by atoms with Gasteiger partial charge < -0.3 is 19.0 Å². The van der Waals surface area contributed by atoms with Crippen LogP contribution in [0.4, 0.5) is 8.78 Å². The van der Waals surface area contributed by atoms with E-state index in [2.05, 4.69) is 9.97 Å². The number of benzene rings is 1. The minimum Gasteiger partial charge on any atom is -0.396 e. The first kappa shape index (κ1) is 18.8. The molecule has 0 atom stereocenters. The maximum absolute atomic E-state index is 13.8. The fraction of sp³-hybridized carbons (Fsp3) is 0.400. The molecular formula is C20H22F2N4O2. The van der Waals surface area contributed by atoms with Crippen LogP contribution in [0.3, 0.4) is 0 Å². The van der Waals surface area contributed by atoms with Crippen LogP contribution in [0.5, 0.6) is 0 Å². The molecule has 3 heterocycles. The minimum absolute atomic E-state index is 0.0415. The van der Waals surface area contributed by atoms with E-state index >= 15 is 0 Å². The minimum atomic E-state index is -0.917. The Bertz CT molecular complexity index is 976. The van der Waals surface area contributed by atoms with E-state index in [1.54, 1.807) is 18.9 Å². The van der Waals surface area contributed by atoms with Crippen LogP contribution in [0.25, 0.3) is 22.6 Å². The van der Waals surface area contributed by atoms with Crippen molar-refractivity contribution in [3.05, 3.63) is 48.7 Å². The van der Waals surface area contributed by atoms with Gasteiger partial charge in [-0.15, -0.1) is 0 Å². The highest BCUT2D eigenvalue weighted by atomic mass is 19.2. The van der Waals surface area contributed by atoms with E-state index < -0.39 is 11.6 Å². The molecule has 6 nitrogen and oxygen atoms in total. The first-order valence-electron chi connectivity index (χ1n) is 9.19. The average molecular weight is 388 g/mol. The summed E-state index contributed by atoms with van der Waals surface area (Å²) in [4.78, 5) is 8.69. The average Bonchev–Trinajstić information content (AvgIpc) is 3.30. The number of hydrogen-bond donors (Lipinski definition) is 1. The van der Waals surface area contributed by atoms with Gasteiger partial charge in [0.1, 0.15) is 0 Å². The summed E-state index contributed by atoms with van der Waals surface area (Å²) in [7, 11) is 1.87. The van der Waals surface area contributed by atoms with E-state index in [9.17, 15) is 13.9 Å². The molecule has 0 bridgehead atoms. The van der Waals surface area contributed by atoms with Crippen molar-refractivity contribution in [2.75, 3.05) is 19.8 Å². The van der Waals surface area contributed by atoms with Crippen molar-refractivity contribution < 1.29 is 18.6 Å². The van der Waals surface area contributed by atoms with Crippen LogP contribution >= 0.6 is 0 Å². The normalized spacial score (nSPS) is 16.4. The van der Waals surface area contributed by atoms with Crippen LogP contribution in [-0.4, -0.2) is 44.0 Å². The van der Waals surface area contributed by atoms with Crippen LogP contribution in [-0.2, 0) is 18.3 Å². The molecule has 2 aromatic heterocycles. The molecule has 1 saturated heterocycles. The Morgan fingerprint density at radius 3 is 2.61 bits per heavy atom. The van der Waals surface area contributed by atoms with E-state index in [1.165, 1.54) is 6.07 Å². The Balaban J connectivity index is 1.82. The first-order valence-corrected chi connectivity index (χ1v) is 9.19. The number of aryl methyl sites for hydroxylation is 1. The zero-order chi connectivity index (χ0) is 19.7. The number of aromatic nitrogens is 4. The topological polar surface area (TPSA) is 65.1 Å². The van der Waals surface area contributed by atoms with Crippen molar-refractivity contribution in [3.63, 3.8) is 0 Å². The molecule has 1 aliphatic heterocycles. The van der Waals surface area contributed by atoms with Crippen LogP contribution < -0.4 is 0 Å². The van der Waals surface area contributed by atoms with Crippen molar-refractivity contribution in [3.8, 4) is 22.6 Å². The number of nitrogens with zero attached hydrogens (tertiary/aromatic N) is 4. The number of rotatable bonds is 5. The second kappa shape index (κ2) is 7.44.